The molecule has 1 saturated heterocycles. The predicted molar refractivity (Wildman–Crippen MR) is 72.1 cm³/mol. The van der Waals surface area contributed by atoms with Crippen molar-refractivity contribution in [2.24, 2.45) is 0 Å². The van der Waals surface area contributed by atoms with Gasteiger partial charge in [-0.3, -0.25) is 0 Å². The fourth-order valence-corrected chi connectivity index (χ4v) is 2.72. The molecule has 1 aromatic carbocycles. The Bertz CT molecular complexity index is 409. The number of likely N-dealkylation sites (tertiary alicyclic amines) is 1. The van der Waals surface area contributed by atoms with Crippen LogP contribution in [0.25, 0.3) is 0 Å². The molecule has 3 nitrogen and oxygen atoms in total. The van der Waals surface area contributed by atoms with Crippen molar-refractivity contribution in [3.63, 3.8) is 0 Å². The summed E-state index contributed by atoms with van der Waals surface area (Å²) in [5.74, 6) is 0.973. The van der Waals surface area contributed by atoms with Crippen LogP contribution in [0.4, 0.5) is 0 Å². The molecule has 0 bridgehead atoms. The maximum absolute atomic E-state index is 9.53. The third-order valence-electron chi connectivity index (χ3n) is 3.96. The van der Waals surface area contributed by atoms with Crippen molar-refractivity contribution in [3.05, 3.63) is 28.8 Å². The molecule has 0 atom stereocenters. The molecule has 0 unspecified atom stereocenters. The number of aryl methyl sites for hydroxylation is 2. The Hall–Kier alpha value is -1.06. The number of quaternary nitrogens is 1. The molecular weight excluding hydrogens is 226 g/mol. The number of ether oxygens (including phenoxy) is 1. The monoisotopic (exact) mass is 250 g/mol. The van der Waals surface area contributed by atoms with E-state index in [1.165, 1.54) is 16.7 Å². The first-order valence-corrected chi connectivity index (χ1v) is 6.76. The van der Waals surface area contributed by atoms with E-state index in [1.807, 2.05) is 0 Å². The summed E-state index contributed by atoms with van der Waals surface area (Å²) in [5.41, 5.74) is 3.91. The summed E-state index contributed by atoms with van der Waals surface area (Å²) in [6, 6.07) is 4.37. The second-order valence-corrected chi connectivity index (χ2v) is 5.41. The van der Waals surface area contributed by atoms with Gasteiger partial charge < -0.3 is 14.7 Å². The fourth-order valence-electron chi connectivity index (χ4n) is 2.72. The molecule has 1 aliphatic rings. The third-order valence-corrected chi connectivity index (χ3v) is 3.96. The van der Waals surface area contributed by atoms with Gasteiger partial charge in [0.15, 0.2) is 0 Å². The van der Waals surface area contributed by atoms with Crippen molar-refractivity contribution in [1.82, 2.24) is 0 Å². The van der Waals surface area contributed by atoms with Crippen molar-refractivity contribution in [1.29, 1.82) is 0 Å². The lowest BCUT2D eigenvalue weighted by Gasteiger charge is -2.27. The van der Waals surface area contributed by atoms with Crippen LogP contribution in [0.15, 0.2) is 12.1 Å². The molecule has 1 heterocycles. The second kappa shape index (κ2) is 5.72. The second-order valence-electron chi connectivity index (χ2n) is 5.41. The molecule has 1 fully saturated rings. The van der Waals surface area contributed by atoms with Gasteiger partial charge >= 0.3 is 0 Å². The minimum Gasteiger partial charge on any atom is -0.496 e. The lowest BCUT2D eigenvalue weighted by Crippen LogP contribution is -3.12. The van der Waals surface area contributed by atoms with Crippen molar-refractivity contribution >= 4 is 0 Å². The molecule has 2 rings (SSSR count). The average molecular weight is 250 g/mol. The number of hydrogen-bond acceptors (Lipinski definition) is 2. The number of hydrogen-bond donors (Lipinski definition) is 2. The van der Waals surface area contributed by atoms with Gasteiger partial charge in [-0.25, -0.2) is 0 Å². The average Bonchev–Trinajstić information content (AvgIpc) is 2.36. The van der Waals surface area contributed by atoms with Crippen molar-refractivity contribution < 1.29 is 14.7 Å². The van der Waals surface area contributed by atoms with E-state index in [2.05, 4.69) is 26.0 Å². The highest BCUT2D eigenvalue weighted by molar-refractivity contribution is 5.41. The van der Waals surface area contributed by atoms with E-state index < -0.39 is 0 Å². The molecule has 0 radical (unpaired) electrons. The molecule has 1 aromatic rings. The summed E-state index contributed by atoms with van der Waals surface area (Å²) < 4.78 is 5.34. The van der Waals surface area contributed by atoms with Crippen LogP contribution in [0.5, 0.6) is 5.75 Å². The minimum absolute atomic E-state index is 0.0764. The molecule has 0 spiro atoms. The van der Waals surface area contributed by atoms with Crippen LogP contribution >= 0.6 is 0 Å². The topological polar surface area (TPSA) is 33.9 Å². The summed E-state index contributed by atoms with van der Waals surface area (Å²) in [4.78, 5) is 1.58. The largest absolute Gasteiger partial charge is 0.496 e. The van der Waals surface area contributed by atoms with E-state index in [9.17, 15) is 5.11 Å². The number of benzene rings is 1. The Morgan fingerprint density at radius 2 is 1.89 bits per heavy atom. The Labute approximate surface area is 109 Å². The van der Waals surface area contributed by atoms with Crippen LogP contribution in [-0.2, 0) is 6.54 Å². The third kappa shape index (κ3) is 3.03. The van der Waals surface area contributed by atoms with Crippen LogP contribution < -0.4 is 9.64 Å². The first kappa shape index (κ1) is 13.4. The lowest BCUT2D eigenvalue weighted by atomic mass is 10.0. The standard InChI is InChI=1S/C15H23NO2/c1-11-9-15(18-3)12(2)8-13(11)10-16-6-4-14(17)5-7-16/h8-9,14,17H,4-7,10H2,1-3H3/p+1. The normalized spacial score (nSPS) is 24.0. The molecular formula is C15H24NO2+. The van der Waals surface area contributed by atoms with Gasteiger partial charge in [0.05, 0.1) is 26.3 Å². The maximum atomic E-state index is 9.53. The fraction of sp³-hybridized carbons (Fsp3) is 0.600. The number of piperidine rings is 1. The minimum atomic E-state index is -0.0764. The van der Waals surface area contributed by atoms with Gasteiger partial charge in [0.25, 0.3) is 0 Å². The van der Waals surface area contributed by atoms with Gasteiger partial charge in [0.2, 0.25) is 0 Å². The van der Waals surface area contributed by atoms with Crippen LogP contribution in [-0.4, -0.2) is 31.4 Å². The highest BCUT2D eigenvalue weighted by Crippen LogP contribution is 2.22. The van der Waals surface area contributed by atoms with Crippen LogP contribution in [0.2, 0.25) is 0 Å². The SMILES string of the molecule is COc1cc(C)c(C[NH+]2CCC(O)CC2)cc1C. The molecule has 0 amide bonds. The quantitative estimate of drug-likeness (QED) is 0.834. The number of methoxy groups -OCH3 is 1. The molecule has 0 aromatic heterocycles. The Kier molecular flexibility index (Phi) is 4.25. The van der Waals surface area contributed by atoms with E-state index >= 15 is 0 Å². The molecule has 1 aliphatic heterocycles. The van der Waals surface area contributed by atoms with E-state index in [4.69, 9.17) is 4.74 Å². The molecule has 18 heavy (non-hydrogen) atoms. The van der Waals surface area contributed by atoms with E-state index in [0.717, 1.165) is 38.2 Å². The number of aliphatic hydroxyl groups is 1. The summed E-state index contributed by atoms with van der Waals surface area (Å²) in [6.07, 6.45) is 1.79. The summed E-state index contributed by atoms with van der Waals surface area (Å²) >= 11 is 0. The van der Waals surface area contributed by atoms with Gasteiger partial charge in [-0.05, 0) is 37.1 Å². The van der Waals surface area contributed by atoms with Gasteiger partial charge in [-0.1, -0.05) is 0 Å². The highest BCUT2D eigenvalue weighted by Gasteiger charge is 2.21. The first-order valence-electron chi connectivity index (χ1n) is 6.76. The van der Waals surface area contributed by atoms with Crippen molar-refractivity contribution in [2.75, 3.05) is 20.2 Å². The molecule has 2 N–H and O–H groups in total. The van der Waals surface area contributed by atoms with E-state index in [-0.39, 0.29) is 6.10 Å². The lowest BCUT2D eigenvalue weighted by molar-refractivity contribution is -0.919. The number of aliphatic hydroxyl groups excluding tert-OH is 1. The zero-order valence-electron chi connectivity index (χ0n) is 11.6. The Morgan fingerprint density at radius 1 is 1.22 bits per heavy atom. The van der Waals surface area contributed by atoms with Gasteiger partial charge in [-0.15, -0.1) is 0 Å². The van der Waals surface area contributed by atoms with Crippen LogP contribution in [0, 0.1) is 13.8 Å². The molecule has 0 saturated carbocycles. The zero-order chi connectivity index (χ0) is 13.1. The van der Waals surface area contributed by atoms with E-state index in [1.54, 1.807) is 12.0 Å². The highest BCUT2D eigenvalue weighted by atomic mass is 16.5. The number of nitrogens with one attached hydrogen (secondary N) is 1. The van der Waals surface area contributed by atoms with Gasteiger partial charge in [0, 0.05) is 18.4 Å². The van der Waals surface area contributed by atoms with Gasteiger partial charge in [0.1, 0.15) is 12.3 Å². The summed E-state index contributed by atoms with van der Waals surface area (Å²) in [6.45, 7) is 7.45. The Balaban J connectivity index is 2.07. The first-order chi connectivity index (χ1) is 8.60. The maximum Gasteiger partial charge on any atom is 0.122 e. The molecule has 0 aliphatic carbocycles. The van der Waals surface area contributed by atoms with Crippen LogP contribution in [0.1, 0.15) is 29.5 Å². The van der Waals surface area contributed by atoms with Crippen LogP contribution in [0.3, 0.4) is 0 Å². The predicted octanol–water partition coefficient (Wildman–Crippen LogP) is 0.852. The Morgan fingerprint density at radius 3 is 2.50 bits per heavy atom. The molecule has 100 valence electrons. The van der Waals surface area contributed by atoms with Gasteiger partial charge in [-0.2, -0.15) is 0 Å². The smallest absolute Gasteiger partial charge is 0.122 e. The summed E-state index contributed by atoms with van der Waals surface area (Å²) in [5, 5.41) is 9.53. The summed E-state index contributed by atoms with van der Waals surface area (Å²) in [7, 11) is 1.72. The van der Waals surface area contributed by atoms with E-state index in [0.29, 0.717) is 0 Å². The molecule has 3 heteroatoms. The van der Waals surface area contributed by atoms with Crippen molar-refractivity contribution in [2.45, 2.75) is 39.3 Å². The zero-order valence-corrected chi connectivity index (χ0v) is 11.6. The number of rotatable bonds is 3. The van der Waals surface area contributed by atoms with Crippen molar-refractivity contribution in [3.8, 4) is 5.75 Å².